The summed E-state index contributed by atoms with van der Waals surface area (Å²) in [5.74, 6) is 2.91. The molecule has 0 fully saturated rings. The van der Waals surface area contributed by atoms with E-state index >= 15 is 0 Å². The predicted octanol–water partition coefficient (Wildman–Crippen LogP) is 4.98. The Labute approximate surface area is 109 Å². The van der Waals surface area contributed by atoms with Crippen LogP contribution in [-0.2, 0) is 4.43 Å². The minimum atomic E-state index is -1.58. The van der Waals surface area contributed by atoms with Gasteiger partial charge in [0.1, 0.15) is 5.60 Å². The van der Waals surface area contributed by atoms with Crippen LogP contribution in [0.5, 0.6) is 0 Å². The van der Waals surface area contributed by atoms with Crippen LogP contribution in [0, 0.1) is 12.3 Å². The van der Waals surface area contributed by atoms with Crippen LogP contribution < -0.4 is 0 Å². The van der Waals surface area contributed by atoms with Crippen LogP contribution in [0.3, 0.4) is 0 Å². The smallest absolute Gasteiger partial charge is 0.194 e. The number of unbranched alkanes of at least 4 members (excludes halogenated alkanes) is 2. The maximum absolute atomic E-state index is 6.47. The van der Waals surface area contributed by atoms with E-state index in [1.54, 1.807) is 0 Å². The van der Waals surface area contributed by atoms with Gasteiger partial charge < -0.3 is 4.43 Å². The Hall–Kier alpha value is -0.263. The van der Waals surface area contributed by atoms with Gasteiger partial charge in [-0.3, -0.25) is 0 Å². The first-order chi connectivity index (χ1) is 8.01. The lowest BCUT2D eigenvalue weighted by Crippen LogP contribution is -2.45. The summed E-state index contributed by atoms with van der Waals surface area (Å²) in [5.41, 5.74) is -0.330. The number of hydrogen-bond donors (Lipinski definition) is 0. The lowest BCUT2D eigenvalue weighted by molar-refractivity contribution is 0.123. The van der Waals surface area contributed by atoms with E-state index in [2.05, 4.69) is 40.5 Å². The molecule has 1 unspecified atom stereocenters. The largest absolute Gasteiger partial charge is 0.401 e. The molecule has 0 spiro atoms. The van der Waals surface area contributed by atoms with Crippen LogP contribution in [0.4, 0.5) is 0 Å². The first-order valence-corrected chi connectivity index (χ1v) is 9.72. The van der Waals surface area contributed by atoms with Crippen molar-refractivity contribution in [1.29, 1.82) is 0 Å². The molecule has 1 nitrogen and oxygen atoms in total. The Balaban J connectivity index is 4.59. The van der Waals surface area contributed by atoms with Gasteiger partial charge in [0.2, 0.25) is 0 Å². The van der Waals surface area contributed by atoms with E-state index in [9.17, 15) is 0 Å². The molecule has 0 amide bonds. The Morgan fingerprint density at radius 1 is 1.06 bits per heavy atom. The van der Waals surface area contributed by atoms with Crippen molar-refractivity contribution >= 4 is 8.32 Å². The van der Waals surface area contributed by atoms with Crippen molar-refractivity contribution in [2.75, 3.05) is 0 Å². The molecule has 1 atom stereocenters. The molecule has 0 aliphatic carbocycles. The molecule has 17 heavy (non-hydrogen) atoms. The highest BCUT2D eigenvalue weighted by atomic mass is 28.4. The summed E-state index contributed by atoms with van der Waals surface area (Å²) in [4.78, 5) is 0. The lowest BCUT2D eigenvalue weighted by Gasteiger charge is -2.37. The van der Waals surface area contributed by atoms with Crippen LogP contribution in [0.1, 0.15) is 60.3 Å². The normalized spacial score (nSPS) is 15.3. The van der Waals surface area contributed by atoms with Gasteiger partial charge in [-0.25, -0.2) is 0 Å². The average Bonchev–Trinajstić information content (AvgIpc) is 2.37. The van der Waals surface area contributed by atoms with Gasteiger partial charge in [-0.2, -0.15) is 0 Å². The van der Waals surface area contributed by atoms with E-state index in [0.29, 0.717) is 0 Å². The molecule has 0 rings (SSSR count). The first-order valence-electron chi connectivity index (χ1n) is 7.19. The second-order valence-corrected chi connectivity index (χ2v) is 9.87. The highest BCUT2D eigenvalue weighted by Gasteiger charge is 2.36. The Bertz CT molecular complexity index is 232. The summed E-state index contributed by atoms with van der Waals surface area (Å²) >= 11 is 0. The molecular weight excluding hydrogens is 224 g/mol. The van der Waals surface area contributed by atoms with Crippen molar-refractivity contribution in [3.63, 3.8) is 0 Å². The van der Waals surface area contributed by atoms with Crippen LogP contribution in [0.2, 0.25) is 18.1 Å². The number of rotatable bonds is 9. The molecule has 0 saturated carbocycles. The summed E-state index contributed by atoms with van der Waals surface area (Å²) < 4.78 is 6.47. The highest BCUT2D eigenvalue weighted by Crippen LogP contribution is 2.30. The second-order valence-electron chi connectivity index (χ2n) is 5.18. The van der Waals surface area contributed by atoms with E-state index in [-0.39, 0.29) is 5.60 Å². The Morgan fingerprint density at radius 3 is 1.94 bits per heavy atom. The zero-order valence-corrected chi connectivity index (χ0v) is 13.4. The molecule has 0 saturated heterocycles. The van der Waals surface area contributed by atoms with Crippen LogP contribution >= 0.6 is 0 Å². The summed E-state index contributed by atoms with van der Waals surface area (Å²) in [6.45, 7) is 11.1. The number of terminal acetylenes is 1. The van der Waals surface area contributed by atoms with Crippen molar-refractivity contribution in [1.82, 2.24) is 0 Å². The van der Waals surface area contributed by atoms with Gasteiger partial charge in [-0.1, -0.05) is 46.5 Å². The van der Waals surface area contributed by atoms with Crippen molar-refractivity contribution in [2.45, 2.75) is 84.0 Å². The van der Waals surface area contributed by atoms with Crippen LogP contribution in [-0.4, -0.2) is 13.9 Å². The zero-order valence-electron chi connectivity index (χ0n) is 12.4. The van der Waals surface area contributed by atoms with Gasteiger partial charge in [-0.05, 0) is 37.9 Å². The summed E-state index contributed by atoms with van der Waals surface area (Å²) in [6, 6.07) is 3.52. The molecule has 0 heterocycles. The van der Waals surface area contributed by atoms with Gasteiger partial charge in [-0.15, -0.1) is 6.42 Å². The van der Waals surface area contributed by atoms with E-state index in [0.717, 1.165) is 6.42 Å². The maximum Gasteiger partial charge on any atom is 0.194 e. The summed E-state index contributed by atoms with van der Waals surface area (Å²) in [7, 11) is -1.58. The molecule has 0 aliphatic rings. The minimum Gasteiger partial charge on any atom is -0.401 e. The van der Waals surface area contributed by atoms with Gasteiger partial charge in [0.25, 0.3) is 0 Å². The molecule has 100 valence electrons. The molecule has 2 heteroatoms. The van der Waals surface area contributed by atoms with Crippen molar-refractivity contribution in [3.8, 4) is 12.3 Å². The van der Waals surface area contributed by atoms with E-state index in [1.807, 2.05) is 0 Å². The summed E-state index contributed by atoms with van der Waals surface area (Å²) in [5, 5.41) is 0. The van der Waals surface area contributed by atoms with E-state index < -0.39 is 8.32 Å². The van der Waals surface area contributed by atoms with Gasteiger partial charge in [0, 0.05) is 0 Å². The Kier molecular flexibility index (Phi) is 7.82. The third-order valence-electron chi connectivity index (χ3n) is 3.94. The molecule has 0 aliphatic heterocycles. The average molecular weight is 254 g/mol. The molecule has 0 aromatic heterocycles. The molecular formula is C15H30OSi. The fraction of sp³-hybridized carbons (Fsp3) is 0.867. The Morgan fingerprint density at radius 2 is 1.59 bits per heavy atom. The molecule has 0 N–H and O–H groups in total. The van der Waals surface area contributed by atoms with Crippen molar-refractivity contribution < 1.29 is 4.43 Å². The molecule has 0 radical (unpaired) electrons. The zero-order chi connectivity index (χ0) is 13.4. The molecule has 0 aromatic rings. The van der Waals surface area contributed by atoms with Crippen LogP contribution in [0.15, 0.2) is 0 Å². The monoisotopic (exact) mass is 254 g/mol. The van der Waals surface area contributed by atoms with Crippen LogP contribution in [0.25, 0.3) is 0 Å². The van der Waals surface area contributed by atoms with Gasteiger partial charge >= 0.3 is 0 Å². The maximum atomic E-state index is 6.47. The molecule has 0 aromatic carbocycles. The third-order valence-corrected chi connectivity index (χ3v) is 8.69. The van der Waals surface area contributed by atoms with E-state index in [1.165, 1.54) is 37.4 Å². The van der Waals surface area contributed by atoms with Gasteiger partial charge in [0.15, 0.2) is 8.32 Å². The summed E-state index contributed by atoms with van der Waals surface area (Å²) in [6.07, 6.45) is 10.4. The van der Waals surface area contributed by atoms with Crippen molar-refractivity contribution in [3.05, 3.63) is 0 Å². The predicted molar refractivity (Wildman–Crippen MR) is 79.7 cm³/mol. The lowest BCUT2D eigenvalue weighted by atomic mass is 10.00. The first kappa shape index (κ1) is 16.7. The highest BCUT2D eigenvalue weighted by molar-refractivity contribution is 6.73. The SMILES string of the molecule is C#CC(C)(CCCCC)O[Si](CC)(CC)CC. The van der Waals surface area contributed by atoms with E-state index in [4.69, 9.17) is 10.8 Å². The molecule has 0 bridgehead atoms. The second kappa shape index (κ2) is 7.95. The topological polar surface area (TPSA) is 9.23 Å². The third kappa shape index (κ3) is 5.27. The fourth-order valence-corrected chi connectivity index (χ4v) is 5.36. The number of hydrogen-bond acceptors (Lipinski definition) is 1. The van der Waals surface area contributed by atoms with Crippen molar-refractivity contribution in [2.24, 2.45) is 0 Å². The van der Waals surface area contributed by atoms with Gasteiger partial charge in [0.05, 0.1) is 0 Å². The fourth-order valence-electron chi connectivity index (χ4n) is 2.31. The minimum absolute atomic E-state index is 0.330. The standard InChI is InChI=1S/C15H30OSi/c1-7-12-13-14-15(6,8-2)16-17(9-3,10-4)11-5/h2H,7,9-14H2,1,3-6H3. The quantitative estimate of drug-likeness (QED) is 0.320.